The summed E-state index contributed by atoms with van der Waals surface area (Å²) in [5.74, 6) is 0.860. The van der Waals surface area contributed by atoms with Crippen LogP contribution in [0, 0.1) is 6.92 Å². The fourth-order valence-corrected chi connectivity index (χ4v) is 3.01. The molecule has 4 heteroatoms. The van der Waals surface area contributed by atoms with Gasteiger partial charge in [0, 0.05) is 15.7 Å². The molecule has 0 bridgehead atoms. The third-order valence-corrected chi connectivity index (χ3v) is 4.27. The predicted molar refractivity (Wildman–Crippen MR) is 93.8 cm³/mol. The Hall–Kier alpha value is -2.33. The first-order valence-corrected chi connectivity index (χ1v) is 7.89. The lowest BCUT2D eigenvalue weighted by Gasteiger charge is -2.02. The van der Waals surface area contributed by atoms with Crippen LogP contribution < -0.4 is 0 Å². The molecule has 3 nitrogen and oxygen atoms in total. The fraction of sp³-hybridized carbons (Fsp3) is 0.0556. The predicted octanol–water partition coefficient (Wildman–Crippen LogP) is 5.30. The lowest BCUT2D eigenvalue weighted by atomic mass is 10.1. The van der Waals surface area contributed by atoms with Crippen molar-refractivity contribution in [2.45, 2.75) is 6.92 Å². The summed E-state index contributed by atoms with van der Waals surface area (Å²) in [4.78, 5) is 11.2. The number of imidazole rings is 1. The molecule has 0 aliphatic rings. The molecule has 0 atom stereocenters. The molecule has 0 fully saturated rings. The van der Waals surface area contributed by atoms with Crippen LogP contribution >= 0.6 is 15.9 Å². The van der Waals surface area contributed by atoms with Gasteiger partial charge in [-0.15, -0.1) is 0 Å². The standard InChI is InChI=1S/C18H14BrN3/c1-11-2-7-16(21-11)18-20-10-17(22-18)14-4-3-13-9-15(19)6-5-12(13)8-14/h2-10,21H,1H3,(H,20,22). The van der Waals surface area contributed by atoms with E-state index in [2.05, 4.69) is 67.3 Å². The Bertz CT molecular complexity index is 965. The van der Waals surface area contributed by atoms with Crippen molar-refractivity contribution in [1.82, 2.24) is 15.0 Å². The molecular formula is C18H14BrN3. The Labute approximate surface area is 136 Å². The Morgan fingerprint density at radius 2 is 1.68 bits per heavy atom. The minimum absolute atomic E-state index is 0.860. The zero-order chi connectivity index (χ0) is 15.1. The number of hydrogen-bond donors (Lipinski definition) is 2. The lowest BCUT2D eigenvalue weighted by Crippen LogP contribution is -1.82. The second kappa shape index (κ2) is 5.14. The minimum atomic E-state index is 0.860. The van der Waals surface area contributed by atoms with Crippen LogP contribution in [-0.4, -0.2) is 15.0 Å². The Morgan fingerprint density at radius 3 is 2.50 bits per heavy atom. The van der Waals surface area contributed by atoms with Crippen molar-refractivity contribution in [2.75, 3.05) is 0 Å². The van der Waals surface area contributed by atoms with E-state index in [0.29, 0.717) is 0 Å². The van der Waals surface area contributed by atoms with Crippen LogP contribution in [0.2, 0.25) is 0 Å². The molecule has 4 aromatic rings. The first kappa shape index (κ1) is 13.3. The van der Waals surface area contributed by atoms with E-state index >= 15 is 0 Å². The fourth-order valence-electron chi connectivity index (χ4n) is 2.63. The van der Waals surface area contributed by atoms with E-state index in [9.17, 15) is 0 Å². The maximum Gasteiger partial charge on any atom is 0.154 e. The summed E-state index contributed by atoms with van der Waals surface area (Å²) >= 11 is 3.51. The van der Waals surface area contributed by atoms with Crippen LogP contribution in [0.5, 0.6) is 0 Å². The van der Waals surface area contributed by atoms with Gasteiger partial charge in [-0.05, 0) is 48.0 Å². The van der Waals surface area contributed by atoms with Gasteiger partial charge < -0.3 is 9.97 Å². The molecule has 108 valence electrons. The summed E-state index contributed by atoms with van der Waals surface area (Å²) in [5.41, 5.74) is 4.29. The van der Waals surface area contributed by atoms with Crippen LogP contribution in [0.1, 0.15) is 5.69 Å². The van der Waals surface area contributed by atoms with Crippen molar-refractivity contribution < 1.29 is 0 Å². The Balaban J connectivity index is 1.75. The zero-order valence-corrected chi connectivity index (χ0v) is 13.6. The van der Waals surface area contributed by atoms with E-state index in [0.717, 1.165) is 32.9 Å². The molecule has 0 radical (unpaired) electrons. The number of fused-ring (bicyclic) bond motifs is 1. The highest BCUT2D eigenvalue weighted by Gasteiger charge is 2.07. The van der Waals surface area contributed by atoms with Gasteiger partial charge in [-0.1, -0.05) is 34.1 Å². The molecule has 0 spiro atoms. The molecule has 0 amide bonds. The van der Waals surface area contributed by atoms with E-state index in [-0.39, 0.29) is 0 Å². The van der Waals surface area contributed by atoms with E-state index in [1.807, 2.05) is 25.3 Å². The van der Waals surface area contributed by atoms with Gasteiger partial charge in [0.2, 0.25) is 0 Å². The number of nitrogens with zero attached hydrogens (tertiary/aromatic N) is 1. The number of halogens is 1. The Kier molecular flexibility index (Phi) is 3.12. The Morgan fingerprint density at radius 1 is 0.864 bits per heavy atom. The number of aryl methyl sites for hydroxylation is 1. The van der Waals surface area contributed by atoms with Crippen LogP contribution in [0.3, 0.4) is 0 Å². The number of nitrogens with one attached hydrogen (secondary N) is 2. The quantitative estimate of drug-likeness (QED) is 0.505. The van der Waals surface area contributed by atoms with Crippen molar-refractivity contribution in [3.05, 3.63) is 64.9 Å². The molecule has 0 unspecified atom stereocenters. The monoisotopic (exact) mass is 351 g/mol. The number of rotatable bonds is 2. The van der Waals surface area contributed by atoms with Gasteiger partial charge in [-0.25, -0.2) is 4.98 Å². The normalized spacial score (nSPS) is 11.2. The summed E-state index contributed by atoms with van der Waals surface area (Å²) in [7, 11) is 0. The van der Waals surface area contributed by atoms with Gasteiger partial charge in [0.1, 0.15) is 0 Å². The summed E-state index contributed by atoms with van der Waals surface area (Å²) < 4.78 is 1.10. The maximum atomic E-state index is 4.48. The molecule has 0 saturated carbocycles. The molecular weight excluding hydrogens is 338 g/mol. The highest BCUT2D eigenvalue weighted by molar-refractivity contribution is 9.10. The van der Waals surface area contributed by atoms with Crippen LogP contribution in [0.15, 0.2) is 59.2 Å². The molecule has 2 heterocycles. The average molecular weight is 352 g/mol. The number of hydrogen-bond acceptors (Lipinski definition) is 1. The number of H-pyrrole nitrogens is 2. The molecule has 2 N–H and O–H groups in total. The third-order valence-electron chi connectivity index (χ3n) is 3.78. The van der Waals surface area contributed by atoms with Gasteiger partial charge >= 0.3 is 0 Å². The zero-order valence-electron chi connectivity index (χ0n) is 12.0. The molecule has 2 aromatic carbocycles. The highest BCUT2D eigenvalue weighted by atomic mass is 79.9. The van der Waals surface area contributed by atoms with Gasteiger partial charge in [0.15, 0.2) is 5.82 Å². The number of aromatic amines is 2. The van der Waals surface area contributed by atoms with Crippen LogP contribution in [0.4, 0.5) is 0 Å². The van der Waals surface area contributed by atoms with Gasteiger partial charge in [-0.2, -0.15) is 0 Å². The van der Waals surface area contributed by atoms with E-state index < -0.39 is 0 Å². The minimum Gasteiger partial charge on any atom is -0.356 e. The molecule has 0 aliphatic heterocycles. The van der Waals surface area contributed by atoms with E-state index in [1.165, 1.54) is 10.8 Å². The SMILES string of the molecule is Cc1ccc(-c2ncc(-c3ccc4cc(Br)ccc4c3)[nH]2)[nH]1. The second-order valence-electron chi connectivity index (χ2n) is 5.41. The van der Waals surface area contributed by atoms with E-state index in [1.54, 1.807) is 0 Å². The second-order valence-corrected chi connectivity index (χ2v) is 6.32. The summed E-state index contributed by atoms with van der Waals surface area (Å²) in [6, 6.07) is 16.8. The van der Waals surface area contributed by atoms with Crippen LogP contribution in [0.25, 0.3) is 33.5 Å². The van der Waals surface area contributed by atoms with Gasteiger partial charge in [0.05, 0.1) is 17.6 Å². The van der Waals surface area contributed by atoms with Crippen molar-refractivity contribution in [3.63, 3.8) is 0 Å². The first-order chi connectivity index (χ1) is 10.7. The van der Waals surface area contributed by atoms with Crippen molar-refractivity contribution in [2.24, 2.45) is 0 Å². The van der Waals surface area contributed by atoms with Gasteiger partial charge in [0.25, 0.3) is 0 Å². The molecule has 0 saturated heterocycles. The van der Waals surface area contributed by atoms with Crippen molar-refractivity contribution in [3.8, 4) is 22.8 Å². The first-order valence-electron chi connectivity index (χ1n) is 7.10. The smallest absolute Gasteiger partial charge is 0.154 e. The highest BCUT2D eigenvalue weighted by Crippen LogP contribution is 2.27. The summed E-state index contributed by atoms with van der Waals surface area (Å²) in [6.07, 6.45) is 1.88. The van der Waals surface area contributed by atoms with Gasteiger partial charge in [-0.3, -0.25) is 0 Å². The molecule has 22 heavy (non-hydrogen) atoms. The van der Waals surface area contributed by atoms with E-state index in [4.69, 9.17) is 0 Å². The average Bonchev–Trinajstić information content (AvgIpc) is 3.15. The lowest BCUT2D eigenvalue weighted by molar-refractivity contribution is 1.21. The number of aromatic nitrogens is 3. The summed E-state index contributed by atoms with van der Waals surface area (Å²) in [6.45, 7) is 2.04. The molecule has 2 aromatic heterocycles. The maximum absolute atomic E-state index is 4.48. The number of benzene rings is 2. The van der Waals surface area contributed by atoms with Crippen molar-refractivity contribution in [1.29, 1.82) is 0 Å². The van der Waals surface area contributed by atoms with Crippen molar-refractivity contribution >= 4 is 26.7 Å². The van der Waals surface area contributed by atoms with Crippen LogP contribution in [-0.2, 0) is 0 Å². The third kappa shape index (κ3) is 2.35. The largest absolute Gasteiger partial charge is 0.356 e. The molecule has 4 rings (SSSR count). The summed E-state index contributed by atoms with van der Waals surface area (Å²) in [5, 5.41) is 2.44. The topological polar surface area (TPSA) is 44.5 Å². The molecule has 0 aliphatic carbocycles.